The first kappa shape index (κ1) is 12.3. The van der Waals surface area contributed by atoms with E-state index < -0.39 is 0 Å². The second-order valence-electron chi connectivity index (χ2n) is 4.63. The summed E-state index contributed by atoms with van der Waals surface area (Å²) >= 11 is 1.51. The Morgan fingerprint density at radius 2 is 2.16 bits per heavy atom. The number of benzene rings is 1. The molecule has 5 heteroatoms. The second-order valence-corrected chi connectivity index (χ2v) is 5.77. The predicted molar refractivity (Wildman–Crippen MR) is 79.6 cm³/mol. The zero-order valence-electron chi connectivity index (χ0n) is 10.8. The Kier molecular flexibility index (Phi) is 3.06. The maximum Gasteiger partial charge on any atom is 0.240 e. The van der Waals surface area contributed by atoms with Crippen LogP contribution in [-0.4, -0.2) is 28.4 Å². The van der Waals surface area contributed by atoms with Crippen molar-refractivity contribution in [1.29, 1.82) is 0 Å². The number of aliphatic imine (C=N–C) groups is 1. The summed E-state index contributed by atoms with van der Waals surface area (Å²) in [7, 11) is 1.70. The van der Waals surface area contributed by atoms with E-state index in [1.54, 1.807) is 7.05 Å². The number of fused-ring (bicyclic) bond motifs is 1. The van der Waals surface area contributed by atoms with Crippen molar-refractivity contribution in [2.45, 2.75) is 18.1 Å². The molecule has 1 saturated heterocycles. The fourth-order valence-corrected chi connectivity index (χ4v) is 3.47. The molecular weight excluding hydrogens is 258 g/mol. The standard InChI is InChI=1S/C14H15N3OS/c1-8(12-13(18)17-14(15-2)19-12)10-7-16-11-6-4-3-5-9(10)11/h3-8,12,16H,1-2H3,(H,15,17,18)/t8-,12+/m0/s1. The SMILES string of the molecule is CN=C1NC(=O)[C@@H]([C@@H](C)c2c[nH]c3ccccc23)S1. The summed E-state index contributed by atoms with van der Waals surface area (Å²) < 4.78 is 0. The molecule has 0 aliphatic carbocycles. The lowest BCUT2D eigenvalue weighted by atomic mass is 9.96. The van der Waals surface area contributed by atoms with Gasteiger partial charge in [0.2, 0.25) is 5.91 Å². The highest BCUT2D eigenvalue weighted by molar-refractivity contribution is 8.15. The fraction of sp³-hybridized carbons (Fsp3) is 0.286. The number of nitrogens with zero attached hydrogens (tertiary/aromatic N) is 1. The summed E-state index contributed by atoms with van der Waals surface area (Å²) in [6, 6.07) is 8.16. The molecule has 0 unspecified atom stereocenters. The number of hydrogen-bond donors (Lipinski definition) is 2. The molecular formula is C14H15N3OS. The van der Waals surface area contributed by atoms with Crippen LogP contribution in [0.2, 0.25) is 0 Å². The summed E-state index contributed by atoms with van der Waals surface area (Å²) in [5, 5.41) is 4.59. The first-order valence-corrected chi connectivity index (χ1v) is 7.09. The van der Waals surface area contributed by atoms with E-state index >= 15 is 0 Å². The van der Waals surface area contributed by atoms with Gasteiger partial charge in [0.15, 0.2) is 5.17 Å². The highest BCUT2D eigenvalue weighted by Crippen LogP contribution is 2.35. The molecule has 1 aromatic carbocycles. The van der Waals surface area contributed by atoms with Crippen LogP contribution in [0, 0.1) is 0 Å². The van der Waals surface area contributed by atoms with E-state index in [9.17, 15) is 4.79 Å². The maximum atomic E-state index is 12.0. The minimum Gasteiger partial charge on any atom is -0.361 e. The van der Waals surface area contributed by atoms with Crippen molar-refractivity contribution in [2.24, 2.45) is 4.99 Å². The number of H-pyrrole nitrogens is 1. The Balaban J connectivity index is 1.96. The number of aromatic nitrogens is 1. The minimum absolute atomic E-state index is 0.0448. The Labute approximate surface area is 115 Å². The first-order valence-electron chi connectivity index (χ1n) is 6.21. The summed E-state index contributed by atoms with van der Waals surface area (Å²) in [6.45, 7) is 2.09. The number of amidine groups is 1. The lowest BCUT2D eigenvalue weighted by Gasteiger charge is -2.14. The average molecular weight is 273 g/mol. The van der Waals surface area contributed by atoms with Gasteiger partial charge in [-0.15, -0.1) is 0 Å². The molecule has 1 fully saturated rings. The lowest BCUT2D eigenvalue weighted by Crippen LogP contribution is -2.27. The van der Waals surface area contributed by atoms with Crippen molar-refractivity contribution in [2.75, 3.05) is 7.05 Å². The Morgan fingerprint density at radius 3 is 2.89 bits per heavy atom. The third kappa shape index (κ3) is 2.04. The number of aromatic amines is 1. The third-order valence-corrected chi connectivity index (χ3v) is 4.88. The summed E-state index contributed by atoms with van der Waals surface area (Å²) in [5.41, 5.74) is 2.29. The van der Waals surface area contributed by atoms with Crippen molar-refractivity contribution >= 4 is 33.7 Å². The smallest absolute Gasteiger partial charge is 0.240 e. The summed E-state index contributed by atoms with van der Waals surface area (Å²) in [5.74, 6) is 0.184. The molecule has 1 amide bonds. The van der Waals surface area contributed by atoms with Crippen LogP contribution >= 0.6 is 11.8 Å². The molecule has 4 nitrogen and oxygen atoms in total. The topological polar surface area (TPSA) is 57.2 Å². The molecule has 2 atom stereocenters. The molecule has 1 aliphatic rings. The summed E-state index contributed by atoms with van der Waals surface area (Å²) in [4.78, 5) is 19.3. The van der Waals surface area contributed by atoms with Gasteiger partial charge < -0.3 is 10.3 Å². The molecule has 1 aliphatic heterocycles. The van der Waals surface area contributed by atoms with Crippen molar-refractivity contribution < 1.29 is 4.79 Å². The molecule has 2 aromatic rings. The minimum atomic E-state index is -0.113. The van der Waals surface area contributed by atoms with Crippen LogP contribution < -0.4 is 5.32 Å². The molecule has 1 aromatic heterocycles. The van der Waals surface area contributed by atoms with Gasteiger partial charge in [-0.1, -0.05) is 36.9 Å². The van der Waals surface area contributed by atoms with E-state index in [0.29, 0.717) is 5.17 Å². The first-order chi connectivity index (χ1) is 9.20. The number of amides is 1. The average Bonchev–Trinajstić information content (AvgIpc) is 3.01. The van der Waals surface area contributed by atoms with Crippen LogP contribution in [0.1, 0.15) is 18.4 Å². The normalized spacial score (nSPS) is 22.9. The van der Waals surface area contributed by atoms with Crippen LogP contribution in [0.25, 0.3) is 10.9 Å². The van der Waals surface area contributed by atoms with Crippen molar-refractivity contribution in [3.8, 4) is 0 Å². The number of thioether (sulfide) groups is 1. The number of rotatable bonds is 2. The van der Waals surface area contributed by atoms with Gasteiger partial charge in [-0.05, 0) is 11.6 Å². The number of nitrogens with one attached hydrogen (secondary N) is 2. The van der Waals surface area contributed by atoms with Gasteiger partial charge in [0.1, 0.15) is 0 Å². The number of carbonyl (C=O) groups is 1. The van der Waals surface area contributed by atoms with Gasteiger partial charge in [0.05, 0.1) is 5.25 Å². The van der Waals surface area contributed by atoms with Crippen LogP contribution in [0.15, 0.2) is 35.5 Å². The number of hydrogen-bond acceptors (Lipinski definition) is 3. The quantitative estimate of drug-likeness (QED) is 0.883. The van der Waals surface area contributed by atoms with E-state index in [2.05, 4.69) is 28.3 Å². The van der Waals surface area contributed by atoms with E-state index in [1.165, 1.54) is 22.7 Å². The molecule has 2 N–H and O–H groups in total. The van der Waals surface area contributed by atoms with Gasteiger partial charge >= 0.3 is 0 Å². The van der Waals surface area contributed by atoms with Crippen LogP contribution in [0.4, 0.5) is 0 Å². The van der Waals surface area contributed by atoms with Gasteiger partial charge in [0, 0.05) is 30.1 Å². The second kappa shape index (κ2) is 4.74. The number of para-hydroxylation sites is 1. The molecule has 3 rings (SSSR count). The van der Waals surface area contributed by atoms with E-state index in [4.69, 9.17) is 0 Å². The van der Waals surface area contributed by atoms with Crippen molar-refractivity contribution in [1.82, 2.24) is 10.3 Å². The van der Waals surface area contributed by atoms with Gasteiger partial charge in [-0.2, -0.15) is 0 Å². The van der Waals surface area contributed by atoms with E-state index in [0.717, 1.165) is 5.52 Å². The predicted octanol–water partition coefficient (Wildman–Crippen LogP) is 2.49. The fourth-order valence-electron chi connectivity index (χ4n) is 2.45. The van der Waals surface area contributed by atoms with Gasteiger partial charge in [-0.3, -0.25) is 9.79 Å². The molecule has 98 valence electrons. The third-order valence-electron chi connectivity index (χ3n) is 3.50. The van der Waals surface area contributed by atoms with Gasteiger partial charge in [-0.25, -0.2) is 0 Å². The van der Waals surface area contributed by atoms with Crippen molar-refractivity contribution in [3.63, 3.8) is 0 Å². The lowest BCUT2D eigenvalue weighted by molar-refractivity contribution is -0.119. The Morgan fingerprint density at radius 1 is 1.37 bits per heavy atom. The largest absolute Gasteiger partial charge is 0.361 e. The van der Waals surface area contributed by atoms with Crippen molar-refractivity contribution in [3.05, 3.63) is 36.0 Å². The molecule has 0 spiro atoms. The zero-order valence-corrected chi connectivity index (χ0v) is 11.6. The zero-order chi connectivity index (χ0) is 13.4. The monoisotopic (exact) mass is 273 g/mol. The Bertz CT molecular complexity index is 662. The molecule has 0 bridgehead atoms. The van der Waals surface area contributed by atoms with E-state index in [1.807, 2.05) is 24.4 Å². The molecule has 0 saturated carbocycles. The Hall–Kier alpha value is -1.75. The molecule has 2 heterocycles. The van der Waals surface area contributed by atoms with Crippen LogP contribution in [0.3, 0.4) is 0 Å². The summed E-state index contributed by atoms with van der Waals surface area (Å²) in [6.07, 6.45) is 2.00. The van der Waals surface area contributed by atoms with Crippen LogP contribution in [0.5, 0.6) is 0 Å². The van der Waals surface area contributed by atoms with E-state index in [-0.39, 0.29) is 17.1 Å². The highest BCUT2D eigenvalue weighted by Gasteiger charge is 2.35. The molecule has 0 radical (unpaired) electrons. The molecule has 19 heavy (non-hydrogen) atoms. The highest BCUT2D eigenvalue weighted by atomic mass is 32.2. The van der Waals surface area contributed by atoms with Gasteiger partial charge in [0.25, 0.3) is 0 Å². The maximum absolute atomic E-state index is 12.0. The number of carbonyl (C=O) groups excluding carboxylic acids is 1. The van der Waals surface area contributed by atoms with Crippen LogP contribution in [-0.2, 0) is 4.79 Å².